The van der Waals surface area contributed by atoms with Crippen molar-refractivity contribution >= 4 is 54.4 Å². The monoisotopic (exact) mass is 689 g/mol. The number of hydrogen-bond donors (Lipinski definition) is 0. The molecule has 0 radical (unpaired) electrons. The molecule has 5 heteroatoms. The fraction of sp³-hybridized carbons (Fsp3) is 0. The van der Waals surface area contributed by atoms with Gasteiger partial charge in [-0.25, -0.2) is 4.98 Å². The van der Waals surface area contributed by atoms with Gasteiger partial charge in [-0.15, -0.1) is 0 Å². The molecule has 5 nitrogen and oxygen atoms in total. The van der Waals surface area contributed by atoms with Gasteiger partial charge in [0, 0.05) is 43.7 Å². The SMILES string of the molecule is c1ccc(-c2nc(-c3ccccc3)nc(-n3c4ccccc4c4ccc(-c5cc6c7ccccc7n(-c7ccccc7)c6c6ccccc56)cc43)n2)cc1. The van der Waals surface area contributed by atoms with E-state index in [2.05, 4.69) is 137 Å². The zero-order chi connectivity index (χ0) is 35.6. The van der Waals surface area contributed by atoms with Crippen molar-refractivity contribution in [2.24, 2.45) is 0 Å². The number of benzene rings is 8. The molecule has 0 amide bonds. The van der Waals surface area contributed by atoms with E-state index in [1.54, 1.807) is 0 Å². The van der Waals surface area contributed by atoms with Crippen LogP contribution in [0.25, 0.3) is 99.9 Å². The van der Waals surface area contributed by atoms with Crippen molar-refractivity contribution in [3.63, 3.8) is 0 Å². The number of aromatic nitrogens is 5. The highest BCUT2D eigenvalue weighted by atomic mass is 15.2. The molecule has 0 N–H and O–H groups in total. The van der Waals surface area contributed by atoms with E-state index in [1.807, 2.05) is 60.7 Å². The van der Waals surface area contributed by atoms with Gasteiger partial charge in [0.15, 0.2) is 11.6 Å². The molecule has 0 saturated heterocycles. The lowest BCUT2D eigenvalue weighted by Gasteiger charge is -2.14. The minimum atomic E-state index is 0.581. The Morgan fingerprint density at radius 3 is 1.46 bits per heavy atom. The van der Waals surface area contributed by atoms with E-state index < -0.39 is 0 Å². The summed E-state index contributed by atoms with van der Waals surface area (Å²) in [5.41, 5.74) is 9.81. The predicted molar refractivity (Wildman–Crippen MR) is 222 cm³/mol. The van der Waals surface area contributed by atoms with E-state index in [1.165, 1.54) is 38.1 Å². The number of nitrogens with zero attached hydrogens (tertiary/aromatic N) is 5. The average molecular weight is 690 g/mol. The van der Waals surface area contributed by atoms with Crippen LogP contribution >= 0.6 is 0 Å². The summed E-state index contributed by atoms with van der Waals surface area (Å²) in [6, 6.07) is 66.3. The normalized spacial score (nSPS) is 11.7. The first-order valence-corrected chi connectivity index (χ1v) is 18.2. The quantitative estimate of drug-likeness (QED) is 0.181. The van der Waals surface area contributed by atoms with Crippen molar-refractivity contribution in [3.8, 4) is 45.5 Å². The van der Waals surface area contributed by atoms with Crippen LogP contribution < -0.4 is 0 Å². The maximum atomic E-state index is 5.17. The van der Waals surface area contributed by atoms with Gasteiger partial charge in [-0.05, 0) is 52.9 Å². The predicted octanol–water partition coefficient (Wildman–Crippen LogP) is 12.2. The summed E-state index contributed by atoms with van der Waals surface area (Å²) < 4.78 is 4.62. The number of hydrogen-bond acceptors (Lipinski definition) is 3. The third kappa shape index (κ3) is 4.69. The van der Waals surface area contributed by atoms with Crippen LogP contribution in [0.15, 0.2) is 188 Å². The number of para-hydroxylation sites is 3. The zero-order valence-corrected chi connectivity index (χ0v) is 29.1. The summed E-state index contributed by atoms with van der Waals surface area (Å²) in [4.78, 5) is 15.3. The van der Waals surface area contributed by atoms with Crippen LogP contribution in [0.2, 0.25) is 0 Å². The van der Waals surface area contributed by atoms with Crippen molar-refractivity contribution in [1.29, 1.82) is 0 Å². The van der Waals surface area contributed by atoms with E-state index >= 15 is 0 Å². The lowest BCUT2D eigenvalue weighted by atomic mass is 9.94. The lowest BCUT2D eigenvalue weighted by Crippen LogP contribution is -2.06. The smallest absolute Gasteiger partial charge is 0.238 e. The molecule has 252 valence electrons. The molecule has 11 rings (SSSR count). The van der Waals surface area contributed by atoms with Crippen LogP contribution in [0.5, 0.6) is 0 Å². The Balaban J connectivity index is 1.20. The minimum Gasteiger partial charge on any atom is -0.309 e. The molecule has 0 fully saturated rings. The summed E-state index contributed by atoms with van der Waals surface area (Å²) in [7, 11) is 0. The Hall–Kier alpha value is -7.37. The zero-order valence-electron chi connectivity index (χ0n) is 29.1. The highest BCUT2D eigenvalue weighted by molar-refractivity contribution is 6.22. The molecule has 0 atom stereocenters. The van der Waals surface area contributed by atoms with Gasteiger partial charge in [0.2, 0.25) is 5.95 Å². The molecule has 0 bridgehead atoms. The largest absolute Gasteiger partial charge is 0.309 e. The van der Waals surface area contributed by atoms with Crippen LogP contribution in [0.3, 0.4) is 0 Å². The Labute approximate surface area is 311 Å². The third-order valence-electron chi connectivity index (χ3n) is 10.6. The first-order chi connectivity index (χ1) is 26.8. The van der Waals surface area contributed by atoms with Crippen molar-refractivity contribution in [2.45, 2.75) is 0 Å². The molecule has 0 aliphatic heterocycles. The number of rotatable bonds is 5. The van der Waals surface area contributed by atoms with Crippen LogP contribution in [0.4, 0.5) is 0 Å². The van der Waals surface area contributed by atoms with Gasteiger partial charge in [0.25, 0.3) is 0 Å². The fourth-order valence-electron chi connectivity index (χ4n) is 8.16. The molecule has 0 saturated carbocycles. The molecule has 0 aliphatic rings. The van der Waals surface area contributed by atoms with E-state index in [4.69, 9.17) is 15.0 Å². The van der Waals surface area contributed by atoms with Crippen LogP contribution in [-0.2, 0) is 0 Å². The van der Waals surface area contributed by atoms with Crippen LogP contribution in [-0.4, -0.2) is 24.1 Å². The second-order valence-electron chi connectivity index (χ2n) is 13.7. The van der Waals surface area contributed by atoms with Crippen LogP contribution in [0, 0.1) is 0 Å². The second-order valence-corrected chi connectivity index (χ2v) is 13.7. The van der Waals surface area contributed by atoms with Crippen molar-refractivity contribution in [3.05, 3.63) is 188 Å². The van der Waals surface area contributed by atoms with Gasteiger partial charge in [0.05, 0.1) is 22.1 Å². The molecule has 0 unspecified atom stereocenters. The van der Waals surface area contributed by atoms with Gasteiger partial charge in [-0.1, -0.05) is 152 Å². The fourth-order valence-corrected chi connectivity index (χ4v) is 8.16. The topological polar surface area (TPSA) is 48.5 Å². The van der Waals surface area contributed by atoms with E-state index in [-0.39, 0.29) is 0 Å². The van der Waals surface area contributed by atoms with Gasteiger partial charge in [-0.3, -0.25) is 4.57 Å². The molecule has 3 heterocycles. The average Bonchev–Trinajstić information content (AvgIpc) is 3.77. The molecular weight excluding hydrogens is 659 g/mol. The van der Waals surface area contributed by atoms with Gasteiger partial charge in [0.1, 0.15) is 0 Å². The Kier molecular flexibility index (Phi) is 6.79. The molecular formula is C49H31N5. The Morgan fingerprint density at radius 1 is 0.315 bits per heavy atom. The van der Waals surface area contributed by atoms with Crippen LogP contribution in [0.1, 0.15) is 0 Å². The first-order valence-electron chi connectivity index (χ1n) is 18.2. The molecule has 8 aromatic carbocycles. The van der Waals surface area contributed by atoms with Gasteiger partial charge in [-0.2, -0.15) is 9.97 Å². The number of fused-ring (bicyclic) bond motifs is 8. The maximum Gasteiger partial charge on any atom is 0.238 e. The molecule has 11 aromatic rings. The van der Waals surface area contributed by atoms with E-state index in [0.29, 0.717) is 17.6 Å². The minimum absolute atomic E-state index is 0.581. The second kappa shape index (κ2) is 12.1. The summed E-state index contributed by atoms with van der Waals surface area (Å²) in [5.74, 6) is 1.85. The summed E-state index contributed by atoms with van der Waals surface area (Å²) in [5, 5.41) is 7.15. The van der Waals surface area contributed by atoms with Crippen molar-refractivity contribution < 1.29 is 0 Å². The van der Waals surface area contributed by atoms with Gasteiger partial charge >= 0.3 is 0 Å². The summed E-state index contributed by atoms with van der Waals surface area (Å²) in [6.07, 6.45) is 0. The van der Waals surface area contributed by atoms with Crippen molar-refractivity contribution in [2.75, 3.05) is 0 Å². The first kappa shape index (κ1) is 30.3. The van der Waals surface area contributed by atoms with E-state index in [0.717, 1.165) is 44.2 Å². The molecule has 3 aromatic heterocycles. The molecule has 0 spiro atoms. The maximum absolute atomic E-state index is 5.17. The van der Waals surface area contributed by atoms with Gasteiger partial charge < -0.3 is 4.57 Å². The summed E-state index contributed by atoms with van der Waals surface area (Å²) in [6.45, 7) is 0. The van der Waals surface area contributed by atoms with E-state index in [9.17, 15) is 0 Å². The van der Waals surface area contributed by atoms with Crippen molar-refractivity contribution in [1.82, 2.24) is 24.1 Å². The Bertz CT molecular complexity index is 3140. The Morgan fingerprint density at radius 2 is 0.815 bits per heavy atom. The molecule has 0 aliphatic carbocycles. The highest BCUT2D eigenvalue weighted by Gasteiger charge is 2.21. The standard InChI is InChI=1S/C49H31N5/c1-4-16-32(17-5-1)47-50-48(33-18-6-2-7-19-33)52-49(51-47)54-44-27-15-12-23-37(44)39-29-28-34(30-45(39)54)41-31-42-38-24-13-14-26-43(38)53(35-20-8-3-9-21-35)46(42)40-25-11-10-22-36(40)41/h1-31H. The third-order valence-corrected chi connectivity index (χ3v) is 10.6. The highest BCUT2D eigenvalue weighted by Crippen LogP contribution is 2.43. The summed E-state index contributed by atoms with van der Waals surface area (Å²) >= 11 is 0. The lowest BCUT2D eigenvalue weighted by molar-refractivity contribution is 0.953. The molecule has 54 heavy (non-hydrogen) atoms.